The Bertz CT molecular complexity index is 764. The van der Waals surface area contributed by atoms with E-state index >= 15 is 0 Å². The van der Waals surface area contributed by atoms with Gasteiger partial charge in [-0.15, -0.1) is 0 Å². The molecule has 2 aromatic rings. The molecule has 1 saturated heterocycles. The zero-order valence-corrected chi connectivity index (χ0v) is 15.7. The molecule has 6 heteroatoms. The zero-order chi connectivity index (χ0) is 18.0. The van der Waals surface area contributed by atoms with Crippen LogP contribution >= 0.6 is 0 Å². The van der Waals surface area contributed by atoms with Gasteiger partial charge in [0.25, 0.3) is 5.56 Å². The first-order chi connectivity index (χ1) is 11.8. The van der Waals surface area contributed by atoms with E-state index < -0.39 is 0 Å². The van der Waals surface area contributed by atoms with Crippen LogP contribution in [0.4, 0.5) is 0 Å². The molecular weight excluding hydrogens is 316 g/mol. The third-order valence-electron chi connectivity index (χ3n) is 4.80. The van der Waals surface area contributed by atoms with Gasteiger partial charge in [0.2, 0.25) is 5.89 Å². The van der Waals surface area contributed by atoms with Crippen LogP contribution in [-0.2, 0) is 18.5 Å². The number of nitrogens with zero attached hydrogens (tertiary/aromatic N) is 4. The van der Waals surface area contributed by atoms with E-state index in [9.17, 15) is 4.79 Å². The Balaban J connectivity index is 1.58. The molecule has 25 heavy (non-hydrogen) atoms. The number of piperidine rings is 1. The number of rotatable bonds is 4. The summed E-state index contributed by atoms with van der Waals surface area (Å²) in [5.41, 5.74) is 0.905. The second-order valence-corrected chi connectivity index (χ2v) is 8.07. The lowest BCUT2D eigenvalue weighted by Gasteiger charge is -2.31. The van der Waals surface area contributed by atoms with E-state index in [0.29, 0.717) is 12.5 Å². The predicted molar refractivity (Wildman–Crippen MR) is 96.4 cm³/mol. The lowest BCUT2D eigenvalue weighted by Crippen LogP contribution is -2.37. The Morgan fingerprint density at radius 2 is 1.96 bits per heavy atom. The van der Waals surface area contributed by atoms with Gasteiger partial charge in [0.1, 0.15) is 5.76 Å². The number of hydrogen-bond acceptors (Lipinski definition) is 5. The standard InChI is InChI=1S/C19H28N4O2/c1-14-11-20-17(25-14)13-22-9-7-15(8-10-22)12-23-18(24)6-5-16(21-23)19(2,3)4/h5-6,11,15H,7-10,12-13H2,1-4H3. The van der Waals surface area contributed by atoms with Crippen molar-refractivity contribution in [3.8, 4) is 0 Å². The van der Waals surface area contributed by atoms with Crippen molar-refractivity contribution in [1.82, 2.24) is 19.7 Å². The molecule has 0 unspecified atom stereocenters. The van der Waals surface area contributed by atoms with Crippen LogP contribution in [-0.4, -0.2) is 32.8 Å². The highest BCUT2D eigenvalue weighted by Crippen LogP contribution is 2.21. The summed E-state index contributed by atoms with van der Waals surface area (Å²) in [7, 11) is 0. The first kappa shape index (κ1) is 17.9. The molecule has 0 spiro atoms. The third kappa shape index (κ3) is 4.57. The van der Waals surface area contributed by atoms with Gasteiger partial charge in [-0.05, 0) is 44.8 Å². The van der Waals surface area contributed by atoms with E-state index in [1.54, 1.807) is 16.9 Å². The summed E-state index contributed by atoms with van der Waals surface area (Å²) in [4.78, 5) is 18.8. The SMILES string of the molecule is Cc1cnc(CN2CCC(Cn3nc(C(C)(C)C)ccc3=O)CC2)o1. The molecule has 0 saturated carbocycles. The monoisotopic (exact) mass is 344 g/mol. The van der Waals surface area contributed by atoms with E-state index in [-0.39, 0.29) is 11.0 Å². The Morgan fingerprint density at radius 1 is 1.24 bits per heavy atom. The fraction of sp³-hybridized carbons (Fsp3) is 0.632. The van der Waals surface area contributed by atoms with Crippen molar-refractivity contribution >= 4 is 0 Å². The predicted octanol–water partition coefficient (Wildman–Crippen LogP) is 2.75. The van der Waals surface area contributed by atoms with E-state index in [0.717, 1.165) is 49.8 Å². The maximum Gasteiger partial charge on any atom is 0.266 e. The van der Waals surface area contributed by atoms with Crippen molar-refractivity contribution in [3.63, 3.8) is 0 Å². The Kier molecular flexibility index (Phi) is 5.08. The lowest BCUT2D eigenvalue weighted by atomic mass is 9.92. The molecule has 3 heterocycles. The van der Waals surface area contributed by atoms with Crippen molar-refractivity contribution in [3.05, 3.63) is 46.0 Å². The molecule has 0 atom stereocenters. The van der Waals surface area contributed by atoms with Crippen LogP contribution in [0.1, 0.15) is 51.0 Å². The van der Waals surface area contributed by atoms with Crippen LogP contribution in [0.15, 0.2) is 27.5 Å². The molecule has 136 valence electrons. The molecule has 1 aliphatic heterocycles. The summed E-state index contributed by atoms with van der Waals surface area (Å²) in [6, 6.07) is 3.49. The van der Waals surface area contributed by atoms with Gasteiger partial charge in [-0.3, -0.25) is 9.69 Å². The minimum Gasteiger partial charge on any atom is -0.445 e. The normalized spacial score (nSPS) is 17.1. The first-order valence-corrected chi connectivity index (χ1v) is 9.03. The molecule has 6 nitrogen and oxygen atoms in total. The van der Waals surface area contributed by atoms with Crippen LogP contribution < -0.4 is 5.56 Å². The largest absolute Gasteiger partial charge is 0.445 e. The van der Waals surface area contributed by atoms with Crippen molar-refractivity contribution in [2.75, 3.05) is 13.1 Å². The van der Waals surface area contributed by atoms with E-state index in [2.05, 4.69) is 35.8 Å². The molecule has 0 amide bonds. The molecule has 1 fully saturated rings. The Hall–Kier alpha value is -1.95. The number of aromatic nitrogens is 3. The number of likely N-dealkylation sites (tertiary alicyclic amines) is 1. The molecule has 0 bridgehead atoms. The van der Waals surface area contributed by atoms with Gasteiger partial charge in [0.05, 0.1) is 18.4 Å². The maximum absolute atomic E-state index is 12.1. The highest BCUT2D eigenvalue weighted by molar-refractivity contribution is 5.10. The van der Waals surface area contributed by atoms with Crippen LogP contribution in [0.3, 0.4) is 0 Å². The molecule has 0 N–H and O–H groups in total. The number of oxazole rings is 1. The molecule has 3 rings (SSSR count). The summed E-state index contributed by atoms with van der Waals surface area (Å²) in [6.07, 6.45) is 3.89. The number of aryl methyl sites for hydroxylation is 1. The molecule has 0 aliphatic carbocycles. The maximum atomic E-state index is 12.1. The zero-order valence-electron chi connectivity index (χ0n) is 15.7. The fourth-order valence-corrected chi connectivity index (χ4v) is 3.22. The quantitative estimate of drug-likeness (QED) is 0.853. The van der Waals surface area contributed by atoms with Crippen LogP contribution in [0, 0.1) is 12.8 Å². The van der Waals surface area contributed by atoms with Crippen molar-refractivity contribution in [2.45, 2.75) is 59.0 Å². The first-order valence-electron chi connectivity index (χ1n) is 9.03. The molecule has 1 aliphatic rings. The number of hydrogen-bond donors (Lipinski definition) is 0. The molecule has 0 aromatic carbocycles. The average Bonchev–Trinajstić information content (AvgIpc) is 2.95. The van der Waals surface area contributed by atoms with E-state index in [1.165, 1.54) is 0 Å². The van der Waals surface area contributed by atoms with Crippen molar-refractivity contribution < 1.29 is 4.42 Å². The minimum atomic E-state index is -0.0486. The van der Waals surface area contributed by atoms with Crippen LogP contribution in [0.25, 0.3) is 0 Å². The lowest BCUT2D eigenvalue weighted by molar-refractivity contribution is 0.151. The van der Waals surface area contributed by atoms with Gasteiger partial charge < -0.3 is 4.42 Å². The van der Waals surface area contributed by atoms with Gasteiger partial charge >= 0.3 is 0 Å². The van der Waals surface area contributed by atoms with Gasteiger partial charge in [-0.2, -0.15) is 5.10 Å². The Labute approximate surface area is 148 Å². The molecular formula is C19H28N4O2. The summed E-state index contributed by atoms with van der Waals surface area (Å²) >= 11 is 0. The summed E-state index contributed by atoms with van der Waals surface area (Å²) in [6.45, 7) is 11.7. The van der Waals surface area contributed by atoms with E-state index in [1.807, 2.05) is 13.0 Å². The van der Waals surface area contributed by atoms with Crippen LogP contribution in [0.2, 0.25) is 0 Å². The fourth-order valence-electron chi connectivity index (χ4n) is 3.22. The summed E-state index contributed by atoms with van der Waals surface area (Å²) < 4.78 is 7.21. The van der Waals surface area contributed by atoms with Crippen LogP contribution in [0.5, 0.6) is 0 Å². The third-order valence-corrected chi connectivity index (χ3v) is 4.80. The van der Waals surface area contributed by atoms with Gasteiger partial charge in [0.15, 0.2) is 0 Å². The van der Waals surface area contributed by atoms with E-state index in [4.69, 9.17) is 4.42 Å². The molecule has 2 aromatic heterocycles. The van der Waals surface area contributed by atoms with Gasteiger partial charge in [-0.1, -0.05) is 20.8 Å². The summed E-state index contributed by atoms with van der Waals surface area (Å²) in [5, 5.41) is 4.59. The second-order valence-electron chi connectivity index (χ2n) is 8.07. The minimum absolute atomic E-state index is 0.00862. The Morgan fingerprint density at radius 3 is 2.56 bits per heavy atom. The second kappa shape index (κ2) is 7.12. The molecule has 0 radical (unpaired) electrons. The smallest absolute Gasteiger partial charge is 0.266 e. The van der Waals surface area contributed by atoms with Crippen molar-refractivity contribution in [2.24, 2.45) is 5.92 Å². The highest BCUT2D eigenvalue weighted by Gasteiger charge is 2.22. The van der Waals surface area contributed by atoms with Gasteiger partial charge in [-0.25, -0.2) is 9.67 Å². The highest BCUT2D eigenvalue weighted by atomic mass is 16.4. The summed E-state index contributed by atoms with van der Waals surface area (Å²) in [5.74, 6) is 2.13. The van der Waals surface area contributed by atoms with Crippen molar-refractivity contribution in [1.29, 1.82) is 0 Å². The topological polar surface area (TPSA) is 64.2 Å². The van der Waals surface area contributed by atoms with Gasteiger partial charge in [0, 0.05) is 18.0 Å². The average molecular weight is 344 g/mol.